The van der Waals surface area contributed by atoms with E-state index < -0.39 is 6.10 Å². The summed E-state index contributed by atoms with van der Waals surface area (Å²) >= 11 is 0. The summed E-state index contributed by atoms with van der Waals surface area (Å²) in [5.41, 5.74) is 0.671. The van der Waals surface area contributed by atoms with E-state index in [1.807, 2.05) is 6.92 Å². The van der Waals surface area contributed by atoms with E-state index in [9.17, 15) is 13.6 Å². The van der Waals surface area contributed by atoms with Gasteiger partial charge in [0.05, 0.1) is 0 Å². The molecular weight excluding hydrogens is 288 g/mol. The van der Waals surface area contributed by atoms with Crippen molar-refractivity contribution in [2.24, 2.45) is 0 Å². The molecule has 0 saturated heterocycles. The van der Waals surface area contributed by atoms with Gasteiger partial charge in [0.1, 0.15) is 17.4 Å². The average molecular weight is 305 g/mol. The fourth-order valence-corrected chi connectivity index (χ4v) is 1.95. The number of carbonyl (C=O) groups is 1. The van der Waals surface area contributed by atoms with Crippen molar-refractivity contribution in [3.8, 4) is 5.75 Å². The van der Waals surface area contributed by atoms with E-state index >= 15 is 0 Å². The largest absolute Gasteiger partial charge is 0.481 e. The van der Waals surface area contributed by atoms with Crippen LogP contribution in [0.1, 0.15) is 18.9 Å². The average Bonchev–Trinajstić information content (AvgIpc) is 2.52. The second-order valence-electron chi connectivity index (χ2n) is 4.82. The molecule has 0 saturated carbocycles. The molecule has 116 valence electrons. The van der Waals surface area contributed by atoms with E-state index in [0.29, 0.717) is 17.7 Å². The van der Waals surface area contributed by atoms with Gasteiger partial charge in [0.15, 0.2) is 6.10 Å². The van der Waals surface area contributed by atoms with Crippen molar-refractivity contribution in [3.05, 3.63) is 65.7 Å². The highest BCUT2D eigenvalue weighted by Gasteiger charge is 2.18. The third-order valence-corrected chi connectivity index (χ3v) is 3.11. The van der Waals surface area contributed by atoms with Crippen LogP contribution in [0.3, 0.4) is 0 Å². The molecule has 2 aromatic carbocycles. The van der Waals surface area contributed by atoms with Crippen LogP contribution in [0.5, 0.6) is 5.75 Å². The Morgan fingerprint density at radius 2 is 1.86 bits per heavy atom. The van der Waals surface area contributed by atoms with Crippen molar-refractivity contribution >= 4 is 5.91 Å². The minimum Gasteiger partial charge on any atom is -0.481 e. The quantitative estimate of drug-likeness (QED) is 0.888. The molecule has 1 N–H and O–H groups in total. The number of carbonyl (C=O) groups excluding carboxylic acids is 1. The molecule has 0 radical (unpaired) electrons. The third kappa shape index (κ3) is 4.55. The number of amides is 1. The van der Waals surface area contributed by atoms with Crippen molar-refractivity contribution in [2.75, 3.05) is 0 Å². The Balaban J connectivity index is 1.92. The fraction of sp³-hybridized carbons (Fsp3) is 0.235. The smallest absolute Gasteiger partial charge is 0.261 e. The Morgan fingerprint density at radius 3 is 2.50 bits per heavy atom. The minimum atomic E-state index is -0.681. The number of hydrogen-bond donors (Lipinski definition) is 1. The van der Waals surface area contributed by atoms with Crippen molar-refractivity contribution < 1.29 is 18.3 Å². The van der Waals surface area contributed by atoms with Gasteiger partial charge in [-0.05, 0) is 48.4 Å². The Labute approximate surface area is 127 Å². The molecule has 2 rings (SSSR count). The molecule has 0 aliphatic carbocycles. The van der Waals surface area contributed by atoms with Crippen molar-refractivity contribution in [1.82, 2.24) is 5.32 Å². The van der Waals surface area contributed by atoms with E-state index in [4.69, 9.17) is 4.74 Å². The molecule has 2 aromatic rings. The highest BCUT2D eigenvalue weighted by molar-refractivity contribution is 5.81. The lowest BCUT2D eigenvalue weighted by Crippen LogP contribution is -2.37. The van der Waals surface area contributed by atoms with Gasteiger partial charge < -0.3 is 10.1 Å². The minimum absolute atomic E-state index is 0.222. The van der Waals surface area contributed by atoms with Gasteiger partial charge in [0.25, 0.3) is 5.91 Å². The molecule has 1 atom stereocenters. The Morgan fingerprint density at radius 1 is 1.14 bits per heavy atom. The van der Waals surface area contributed by atoms with Crippen molar-refractivity contribution in [1.29, 1.82) is 0 Å². The lowest BCUT2D eigenvalue weighted by Gasteiger charge is -2.17. The van der Waals surface area contributed by atoms with Crippen LogP contribution in [0.2, 0.25) is 0 Å². The van der Waals surface area contributed by atoms with Crippen LogP contribution in [-0.4, -0.2) is 12.0 Å². The van der Waals surface area contributed by atoms with Crippen molar-refractivity contribution in [3.63, 3.8) is 0 Å². The molecule has 0 aromatic heterocycles. The standard InChI is InChI=1S/C17H17F2NO2/c1-2-16(22-15-8-6-13(18)7-9-15)17(21)20-11-12-4-3-5-14(19)10-12/h3-10,16H,2,11H2,1H3,(H,20,21). The second-order valence-corrected chi connectivity index (χ2v) is 4.82. The predicted molar refractivity (Wildman–Crippen MR) is 79.4 cm³/mol. The first-order chi connectivity index (χ1) is 10.6. The maximum atomic E-state index is 13.1. The molecule has 22 heavy (non-hydrogen) atoms. The van der Waals surface area contributed by atoms with Crippen LogP contribution in [0.25, 0.3) is 0 Å². The zero-order valence-electron chi connectivity index (χ0n) is 12.2. The topological polar surface area (TPSA) is 38.3 Å². The molecule has 1 amide bonds. The van der Waals surface area contributed by atoms with Gasteiger partial charge in [-0.1, -0.05) is 19.1 Å². The normalized spacial score (nSPS) is 11.8. The zero-order chi connectivity index (χ0) is 15.9. The Hall–Kier alpha value is -2.43. The number of nitrogens with one attached hydrogen (secondary N) is 1. The van der Waals surface area contributed by atoms with Gasteiger partial charge in [-0.3, -0.25) is 4.79 Å². The van der Waals surface area contributed by atoms with Crippen LogP contribution < -0.4 is 10.1 Å². The summed E-state index contributed by atoms with van der Waals surface area (Å²) in [5, 5.41) is 2.70. The number of rotatable bonds is 6. The molecule has 1 unspecified atom stereocenters. The Kier molecular flexibility index (Phi) is 5.47. The first-order valence-electron chi connectivity index (χ1n) is 7.03. The van der Waals surface area contributed by atoms with E-state index in [1.54, 1.807) is 12.1 Å². The van der Waals surface area contributed by atoms with Crippen LogP contribution in [0.15, 0.2) is 48.5 Å². The van der Waals surface area contributed by atoms with Gasteiger partial charge in [-0.25, -0.2) is 8.78 Å². The second kappa shape index (κ2) is 7.54. The van der Waals surface area contributed by atoms with Gasteiger partial charge in [-0.2, -0.15) is 0 Å². The molecule has 0 heterocycles. The summed E-state index contributed by atoms with van der Waals surface area (Å²) in [6.07, 6.45) is -0.217. The lowest BCUT2D eigenvalue weighted by molar-refractivity contribution is -0.128. The third-order valence-electron chi connectivity index (χ3n) is 3.11. The number of benzene rings is 2. The zero-order valence-corrected chi connectivity index (χ0v) is 12.2. The van der Waals surface area contributed by atoms with Crippen LogP contribution >= 0.6 is 0 Å². The fourth-order valence-electron chi connectivity index (χ4n) is 1.95. The maximum Gasteiger partial charge on any atom is 0.261 e. The van der Waals surface area contributed by atoms with Crippen LogP contribution in [0, 0.1) is 11.6 Å². The summed E-state index contributed by atoms with van der Waals surface area (Å²) in [5.74, 6) is -0.581. The SMILES string of the molecule is CCC(Oc1ccc(F)cc1)C(=O)NCc1cccc(F)c1. The molecule has 0 aliphatic heterocycles. The number of halogens is 2. The van der Waals surface area contributed by atoms with Gasteiger partial charge in [0, 0.05) is 6.54 Å². The van der Waals surface area contributed by atoms with Gasteiger partial charge in [0.2, 0.25) is 0 Å². The Bertz CT molecular complexity index is 629. The molecule has 0 aliphatic rings. The highest BCUT2D eigenvalue weighted by Crippen LogP contribution is 2.14. The summed E-state index contributed by atoms with van der Waals surface area (Å²) in [6.45, 7) is 2.04. The van der Waals surface area contributed by atoms with Crippen LogP contribution in [-0.2, 0) is 11.3 Å². The number of ether oxygens (including phenoxy) is 1. The molecular formula is C17H17F2NO2. The number of hydrogen-bond acceptors (Lipinski definition) is 2. The molecule has 3 nitrogen and oxygen atoms in total. The first-order valence-corrected chi connectivity index (χ1v) is 7.03. The maximum absolute atomic E-state index is 13.1. The summed E-state index contributed by atoms with van der Waals surface area (Å²) in [4.78, 5) is 12.1. The molecule has 0 fully saturated rings. The lowest BCUT2D eigenvalue weighted by atomic mass is 10.2. The molecule has 0 bridgehead atoms. The van der Waals surface area contributed by atoms with Crippen LogP contribution in [0.4, 0.5) is 8.78 Å². The summed E-state index contributed by atoms with van der Waals surface area (Å²) in [6, 6.07) is 11.5. The summed E-state index contributed by atoms with van der Waals surface area (Å²) in [7, 11) is 0. The van der Waals surface area contributed by atoms with E-state index in [0.717, 1.165) is 0 Å². The van der Waals surface area contributed by atoms with E-state index in [2.05, 4.69) is 5.32 Å². The van der Waals surface area contributed by atoms with E-state index in [1.165, 1.54) is 36.4 Å². The van der Waals surface area contributed by atoms with Gasteiger partial charge >= 0.3 is 0 Å². The predicted octanol–water partition coefficient (Wildman–Crippen LogP) is 3.44. The van der Waals surface area contributed by atoms with Crippen molar-refractivity contribution in [2.45, 2.75) is 26.0 Å². The monoisotopic (exact) mass is 305 g/mol. The highest BCUT2D eigenvalue weighted by atomic mass is 19.1. The molecule has 0 spiro atoms. The first kappa shape index (κ1) is 15.9. The van der Waals surface area contributed by atoms with Gasteiger partial charge in [-0.15, -0.1) is 0 Å². The molecule has 5 heteroatoms. The van der Waals surface area contributed by atoms with E-state index in [-0.39, 0.29) is 24.1 Å². The summed E-state index contributed by atoms with van der Waals surface area (Å²) < 4.78 is 31.4.